The summed E-state index contributed by atoms with van der Waals surface area (Å²) in [6.07, 6.45) is 0.190. The second-order valence-electron chi connectivity index (χ2n) is 7.03. The van der Waals surface area contributed by atoms with Crippen LogP contribution in [-0.2, 0) is 17.9 Å². The Balaban J connectivity index is 1.59. The lowest BCUT2D eigenvalue weighted by atomic mass is 10.2. The minimum absolute atomic E-state index is 0.0623. The van der Waals surface area contributed by atoms with Crippen LogP contribution in [0.25, 0.3) is 11.3 Å². The number of aromatic nitrogens is 2. The summed E-state index contributed by atoms with van der Waals surface area (Å²) < 4.78 is 14.9. The number of carbonyl (C=O) groups is 1. The highest BCUT2D eigenvalue weighted by Crippen LogP contribution is 2.29. The van der Waals surface area contributed by atoms with Crippen LogP contribution in [0.2, 0.25) is 0 Å². The van der Waals surface area contributed by atoms with E-state index in [4.69, 9.17) is 0 Å². The lowest BCUT2D eigenvalue weighted by molar-refractivity contribution is -0.119. The highest BCUT2D eigenvalue weighted by Gasteiger charge is 2.20. The Hall–Kier alpha value is -3.10. The van der Waals surface area contributed by atoms with Gasteiger partial charge in [0.2, 0.25) is 5.91 Å². The number of nitrogens with zero attached hydrogens (tertiary/aromatic N) is 3. The topological polar surface area (TPSA) is 55.2 Å². The molecule has 0 spiro atoms. The van der Waals surface area contributed by atoms with E-state index in [1.54, 1.807) is 27.0 Å². The Bertz CT molecular complexity index is 1230. The maximum absolute atomic E-state index is 13.2. The van der Waals surface area contributed by atoms with Gasteiger partial charge in [0.1, 0.15) is 5.82 Å². The molecule has 0 aliphatic rings. The predicted octanol–water partition coefficient (Wildman–Crippen LogP) is 5.10. The van der Waals surface area contributed by atoms with E-state index in [-0.39, 0.29) is 23.0 Å². The first-order chi connectivity index (χ1) is 15.0. The molecule has 0 aliphatic heterocycles. The number of amides is 1. The van der Waals surface area contributed by atoms with Crippen molar-refractivity contribution >= 4 is 33.7 Å². The molecule has 2 aromatic heterocycles. The Kier molecular flexibility index (Phi) is 6.39. The number of benzene rings is 2. The first-order valence-electron chi connectivity index (χ1n) is 9.72. The first kappa shape index (κ1) is 21.1. The molecule has 1 amide bonds. The van der Waals surface area contributed by atoms with Crippen molar-refractivity contribution in [1.29, 1.82) is 0 Å². The molecule has 0 atom stereocenters. The molecule has 2 aromatic carbocycles. The van der Waals surface area contributed by atoms with Crippen molar-refractivity contribution in [3.63, 3.8) is 0 Å². The number of hydrogen-bond donors (Lipinski definition) is 0. The number of halogens is 1. The van der Waals surface area contributed by atoms with Gasteiger partial charge in [-0.15, -0.1) is 11.3 Å². The lowest BCUT2D eigenvalue weighted by Crippen LogP contribution is -2.32. The largest absolute Gasteiger partial charge is 0.307 e. The van der Waals surface area contributed by atoms with Crippen LogP contribution in [0.4, 0.5) is 9.52 Å². The van der Waals surface area contributed by atoms with Gasteiger partial charge in [0.05, 0.1) is 12.2 Å². The number of rotatable bonds is 7. The quantitative estimate of drug-likeness (QED) is 0.391. The van der Waals surface area contributed by atoms with E-state index in [0.717, 1.165) is 28.2 Å². The van der Waals surface area contributed by atoms with Crippen molar-refractivity contribution in [1.82, 2.24) is 9.55 Å². The van der Waals surface area contributed by atoms with Crippen LogP contribution < -0.4 is 9.77 Å². The maximum atomic E-state index is 13.2. The summed E-state index contributed by atoms with van der Waals surface area (Å²) >= 11 is 2.51. The highest BCUT2D eigenvalue weighted by atomic mass is 32.1. The summed E-state index contributed by atoms with van der Waals surface area (Å²) in [7, 11) is 0. The van der Waals surface area contributed by atoms with Gasteiger partial charge in [-0.25, -0.2) is 9.37 Å². The fourth-order valence-corrected chi connectivity index (χ4v) is 4.80. The molecule has 31 heavy (non-hydrogen) atoms. The third-order valence-corrected chi connectivity index (χ3v) is 6.62. The molecule has 5 nitrogen and oxygen atoms in total. The molecular formula is C23H20FN3O2S2. The van der Waals surface area contributed by atoms with Gasteiger partial charge >= 0.3 is 4.87 Å². The van der Waals surface area contributed by atoms with Crippen LogP contribution in [-0.4, -0.2) is 15.5 Å². The minimum atomic E-state index is -0.306. The fourth-order valence-electron chi connectivity index (χ4n) is 3.19. The summed E-state index contributed by atoms with van der Waals surface area (Å²) in [6.45, 7) is 2.57. The smallest absolute Gasteiger partial charge is 0.303 e. The number of thiazole rings is 2. The summed E-state index contributed by atoms with van der Waals surface area (Å²) in [5, 5.41) is 4.23. The van der Waals surface area contributed by atoms with E-state index >= 15 is 0 Å². The van der Waals surface area contributed by atoms with E-state index in [1.807, 2.05) is 42.6 Å². The molecule has 0 radical (unpaired) electrons. The molecular weight excluding hydrogens is 433 g/mol. The van der Waals surface area contributed by atoms with Crippen molar-refractivity contribution in [2.75, 3.05) is 4.90 Å². The molecule has 0 saturated heterocycles. The summed E-state index contributed by atoms with van der Waals surface area (Å²) in [5.41, 5.74) is 3.32. The molecule has 0 unspecified atom stereocenters. The summed E-state index contributed by atoms with van der Waals surface area (Å²) in [5.74, 6) is -0.416. The Morgan fingerprint density at radius 2 is 1.81 bits per heavy atom. The van der Waals surface area contributed by atoms with Gasteiger partial charge < -0.3 is 4.57 Å². The normalized spacial score (nSPS) is 10.9. The van der Waals surface area contributed by atoms with E-state index in [2.05, 4.69) is 4.98 Å². The average molecular weight is 454 g/mol. The third kappa shape index (κ3) is 4.98. The third-order valence-electron chi connectivity index (χ3n) is 4.87. The Labute approximate surface area is 187 Å². The van der Waals surface area contributed by atoms with Gasteiger partial charge in [0, 0.05) is 35.0 Å². The van der Waals surface area contributed by atoms with Crippen LogP contribution in [0.1, 0.15) is 17.7 Å². The zero-order chi connectivity index (χ0) is 21.8. The van der Waals surface area contributed by atoms with Gasteiger partial charge in [0.25, 0.3) is 0 Å². The van der Waals surface area contributed by atoms with E-state index in [0.29, 0.717) is 23.9 Å². The van der Waals surface area contributed by atoms with Gasteiger partial charge in [-0.05, 0) is 36.8 Å². The molecule has 8 heteroatoms. The van der Waals surface area contributed by atoms with Crippen molar-refractivity contribution in [3.8, 4) is 11.3 Å². The first-order valence-corrected chi connectivity index (χ1v) is 11.5. The summed E-state index contributed by atoms with van der Waals surface area (Å²) in [4.78, 5) is 31.4. The number of aryl methyl sites for hydroxylation is 1. The molecule has 0 saturated carbocycles. The van der Waals surface area contributed by atoms with Crippen molar-refractivity contribution in [2.45, 2.75) is 26.4 Å². The molecule has 0 aliphatic carbocycles. The molecule has 4 aromatic rings. The van der Waals surface area contributed by atoms with Gasteiger partial charge in [-0.1, -0.05) is 41.7 Å². The van der Waals surface area contributed by atoms with E-state index < -0.39 is 0 Å². The number of hydrogen-bond acceptors (Lipinski definition) is 5. The predicted molar refractivity (Wildman–Crippen MR) is 123 cm³/mol. The summed E-state index contributed by atoms with van der Waals surface area (Å²) in [6, 6.07) is 15.8. The molecule has 4 rings (SSSR count). The number of anilines is 1. The molecule has 0 fully saturated rings. The standard InChI is InChI=1S/C23H20FN3O2S2/c1-16-14-31-23(29)26(16)12-11-21(28)27(13-17-5-3-2-4-6-17)22-25-20(15-30-22)18-7-9-19(24)10-8-18/h2-10,14-15H,11-13H2,1H3. The van der Waals surface area contributed by atoms with Crippen molar-refractivity contribution in [3.05, 3.63) is 92.1 Å². The van der Waals surface area contributed by atoms with Crippen LogP contribution in [0.15, 0.2) is 70.2 Å². The molecule has 2 heterocycles. The van der Waals surface area contributed by atoms with E-state index in [1.165, 1.54) is 23.5 Å². The zero-order valence-electron chi connectivity index (χ0n) is 16.8. The van der Waals surface area contributed by atoms with Crippen molar-refractivity contribution < 1.29 is 9.18 Å². The molecule has 158 valence electrons. The Morgan fingerprint density at radius 1 is 1.06 bits per heavy atom. The SMILES string of the molecule is Cc1csc(=O)n1CCC(=O)N(Cc1ccccc1)c1nc(-c2ccc(F)cc2)cs1. The monoisotopic (exact) mass is 453 g/mol. The van der Waals surface area contributed by atoms with Crippen LogP contribution in [0.3, 0.4) is 0 Å². The molecule has 0 bridgehead atoms. The lowest BCUT2D eigenvalue weighted by Gasteiger charge is -2.20. The zero-order valence-corrected chi connectivity index (χ0v) is 18.5. The van der Waals surface area contributed by atoms with Crippen LogP contribution in [0.5, 0.6) is 0 Å². The fraction of sp³-hybridized carbons (Fsp3) is 0.174. The van der Waals surface area contributed by atoms with Gasteiger partial charge in [0.15, 0.2) is 5.13 Å². The molecule has 0 N–H and O–H groups in total. The Morgan fingerprint density at radius 3 is 2.48 bits per heavy atom. The van der Waals surface area contributed by atoms with E-state index in [9.17, 15) is 14.0 Å². The maximum Gasteiger partial charge on any atom is 0.307 e. The van der Waals surface area contributed by atoms with Crippen LogP contribution >= 0.6 is 22.7 Å². The second kappa shape index (κ2) is 9.36. The minimum Gasteiger partial charge on any atom is -0.303 e. The number of carbonyl (C=O) groups excluding carboxylic acids is 1. The van der Waals surface area contributed by atoms with Gasteiger partial charge in [-0.2, -0.15) is 0 Å². The average Bonchev–Trinajstić information content (AvgIpc) is 3.38. The highest BCUT2D eigenvalue weighted by molar-refractivity contribution is 7.14. The second-order valence-corrected chi connectivity index (χ2v) is 8.69. The van der Waals surface area contributed by atoms with Crippen LogP contribution in [0, 0.1) is 12.7 Å². The van der Waals surface area contributed by atoms with Crippen molar-refractivity contribution in [2.24, 2.45) is 0 Å². The van der Waals surface area contributed by atoms with Gasteiger partial charge in [-0.3, -0.25) is 14.5 Å².